The third-order valence-electron chi connectivity index (χ3n) is 5.71. The lowest BCUT2D eigenvalue weighted by molar-refractivity contribution is 0.122. The van der Waals surface area contributed by atoms with E-state index in [9.17, 15) is 0 Å². The molecule has 0 radical (unpaired) electrons. The molecule has 0 amide bonds. The zero-order chi connectivity index (χ0) is 18.4. The van der Waals surface area contributed by atoms with Crippen molar-refractivity contribution in [1.82, 2.24) is 19.9 Å². The molecule has 4 heterocycles. The maximum absolute atomic E-state index is 6.10. The molecule has 0 saturated carbocycles. The summed E-state index contributed by atoms with van der Waals surface area (Å²) in [5, 5.41) is 0. The number of oxazole rings is 1. The number of nitrogens with zero attached hydrogens (tertiary/aromatic N) is 4. The Morgan fingerprint density at radius 2 is 1.89 bits per heavy atom. The van der Waals surface area contributed by atoms with Crippen molar-refractivity contribution in [3.63, 3.8) is 0 Å². The average molecular weight is 364 g/mol. The normalized spacial score (nSPS) is 20.7. The van der Waals surface area contributed by atoms with Crippen LogP contribution in [0.3, 0.4) is 0 Å². The first kappa shape index (κ1) is 16.7. The summed E-state index contributed by atoms with van der Waals surface area (Å²) in [6.07, 6.45) is 3.23. The van der Waals surface area contributed by atoms with Crippen LogP contribution in [-0.2, 0) is 6.42 Å². The maximum Gasteiger partial charge on any atom is 0.220 e. The Labute approximate surface area is 158 Å². The summed E-state index contributed by atoms with van der Waals surface area (Å²) >= 11 is 0. The molecular weight excluding hydrogens is 340 g/mol. The minimum Gasteiger partial charge on any atom is -0.472 e. The van der Waals surface area contributed by atoms with Gasteiger partial charge in [0.05, 0.1) is 0 Å². The van der Waals surface area contributed by atoms with Gasteiger partial charge < -0.3 is 9.15 Å². The van der Waals surface area contributed by atoms with E-state index in [0.29, 0.717) is 5.92 Å². The van der Waals surface area contributed by atoms with Gasteiger partial charge in [0.1, 0.15) is 17.4 Å². The number of fused-ring (bicyclic) bond motifs is 2. The van der Waals surface area contributed by atoms with Crippen LogP contribution in [0, 0.1) is 13.8 Å². The number of aryl methyl sites for hydroxylation is 2. The van der Waals surface area contributed by atoms with E-state index >= 15 is 0 Å². The molecular formula is C21H24N4O2. The van der Waals surface area contributed by atoms with Crippen LogP contribution < -0.4 is 4.74 Å². The first-order valence-corrected chi connectivity index (χ1v) is 9.74. The molecule has 2 aliphatic heterocycles. The highest BCUT2D eigenvalue weighted by Gasteiger charge is 2.31. The number of piperidine rings is 1. The van der Waals surface area contributed by atoms with E-state index in [1.165, 1.54) is 5.56 Å². The first-order chi connectivity index (χ1) is 13.2. The van der Waals surface area contributed by atoms with Gasteiger partial charge >= 0.3 is 0 Å². The van der Waals surface area contributed by atoms with Crippen LogP contribution in [0.15, 0.2) is 28.7 Å². The number of hydrogen-bond acceptors (Lipinski definition) is 6. The summed E-state index contributed by atoms with van der Waals surface area (Å²) in [4.78, 5) is 16.1. The second-order valence-electron chi connectivity index (χ2n) is 7.68. The van der Waals surface area contributed by atoms with Gasteiger partial charge in [0, 0.05) is 30.1 Å². The van der Waals surface area contributed by atoms with Crippen LogP contribution in [0.5, 0.6) is 5.88 Å². The fourth-order valence-corrected chi connectivity index (χ4v) is 4.28. The lowest BCUT2D eigenvalue weighted by atomic mass is 9.96. The van der Waals surface area contributed by atoms with Crippen LogP contribution in [0.4, 0.5) is 0 Å². The molecule has 1 saturated heterocycles. The minimum atomic E-state index is 0.177. The molecule has 0 N–H and O–H groups in total. The van der Waals surface area contributed by atoms with Crippen molar-refractivity contribution < 1.29 is 9.15 Å². The van der Waals surface area contributed by atoms with E-state index in [1.807, 2.05) is 38.1 Å². The standard InChI is InChI=1S/C21H24N4O2/c1-13-17-11-16(26-21(17)23-14(2)22-13)12-25-9-7-15(8-10-25)20-24-18-5-3-4-6-19(18)27-20/h3-6,15-16H,7-12H2,1-2H3/t16-/m0/s1. The highest BCUT2D eigenvalue weighted by Crippen LogP contribution is 2.32. The summed E-state index contributed by atoms with van der Waals surface area (Å²) in [5.41, 5.74) is 4.07. The Balaban J connectivity index is 1.20. The molecule has 0 spiro atoms. The SMILES string of the molecule is Cc1nc(C)c2c(n1)O[C@H](CN1CCC(c3nc4ccccc4o3)CC1)C2. The number of benzene rings is 1. The van der Waals surface area contributed by atoms with Crippen LogP contribution in [0.2, 0.25) is 0 Å². The van der Waals surface area contributed by atoms with Crippen LogP contribution >= 0.6 is 0 Å². The van der Waals surface area contributed by atoms with E-state index in [1.54, 1.807) is 0 Å². The van der Waals surface area contributed by atoms with E-state index in [-0.39, 0.29) is 6.10 Å². The lowest BCUT2D eigenvalue weighted by Gasteiger charge is -2.31. The fourth-order valence-electron chi connectivity index (χ4n) is 4.28. The van der Waals surface area contributed by atoms with Crippen LogP contribution in [0.1, 0.15) is 41.7 Å². The van der Waals surface area contributed by atoms with Crippen LogP contribution in [0.25, 0.3) is 11.1 Å². The van der Waals surface area contributed by atoms with Crippen molar-refractivity contribution in [1.29, 1.82) is 0 Å². The molecule has 2 aliphatic rings. The highest BCUT2D eigenvalue weighted by atomic mass is 16.5. The second-order valence-corrected chi connectivity index (χ2v) is 7.68. The highest BCUT2D eigenvalue weighted by molar-refractivity contribution is 5.72. The Morgan fingerprint density at radius 1 is 1.07 bits per heavy atom. The van der Waals surface area contributed by atoms with Crippen LogP contribution in [-0.4, -0.2) is 45.6 Å². The predicted molar refractivity (Wildman–Crippen MR) is 102 cm³/mol. The largest absolute Gasteiger partial charge is 0.472 e. The third-order valence-corrected chi connectivity index (χ3v) is 5.71. The molecule has 0 aliphatic carbocycles. The first-order valence-electron chi connectivity index (χ1n) is 9.74. The minimum absolute atomic E-state index is 0.177. The lowest BCUT2D eigenvalue weighted by Crippen LogP contribution is -2.39. The average Bonchev–Trinajstić information content (AvgIpc) is 3.26. The molecule has 3 aromatic rings. The van der Waals surface area contributed by atoms with Gasteiger partial charge in [-0.2, -0.15) is 4.98 Å². The molecule has 0 unspecified atom stereocenters. The number of rotatable bonds is 3. The molecule has 0 bridgehead atoms. The maximum atomic E-state index is 6.10. The molecule has 2 aromatic heterocycles. The molecule has 5 rings (SSSR count). The Hall–Kier alpha value is -2.47. The van der Waals surface area contributed by atoms with Crippen molar-refractivity contribution in [2.75, 3.05) is 19.6 Å². The summed E-state index contributed by atoms with van der Waals surface area (Å²) < 4.78 is 12.1. The molecule has 140 valence electrons. The molecule has 6 heteroatoms. The zero-order valence-electron chi connectivity index (χ0n) is 15.8. The van der Waals surface area contributed by atoms with Crippen molar-refractivity contribution >= 4 is 11.1 Å². The number of aromatic nitrogens is 3. The molecule has 6 nitrogen and oxygen atoms in total. The summed E-state index contributed by atoms with van der Waals surface area (Å²) in [5.74, 6) is 2.87. The molecule has 27 heavy (non-hydrogen) atoms. The summed E-state index contributed by atoms with van der Waals surface area (Å²) in [6.45, 7) is 6.99. The van der Waals surface area contributed by atoms with Gasteiger partial charge in [-0.25, -0.2) is 9.97 Å². The third kappa shape index (κ3) is 3.18. The quantitative estimate of drug-likeness (QED) is 0.710. The Bertz CT molecular complexity index is 942. The second kappa shape index (κ2) is 6.60. The number of hydrogen-bond donors (Lipinski definition) is 0. The van der Waals surface area contributed by atoms with Gasteiger partial charge in [0.15, 0.2) is 11.5 Å². The zero-order valence-corrected chi connectivity index (χ0v) is 15.8. The Morgan fingerprint density at radius 3 is 2.70 bits per heavy atom. The number of ether oxygens (including phenoxy) is 1. The number of likely N-dealkylation sites (tertiary alicyclic amines) is 1. The summed E-state index contributed by atoms with van der Waals surface area (Å²) in [7, 11) is 0. The summed E-state index contributed by atoms with van der Waals surface area (Å²) in [6, 6.07) is 8.00. The molecule has 1 aromatic carbocycles. The van der Waals surface area contributed by atoms with Gasteiger partial charge in [-0.05, 0) is 51.9 Å². The topological polar surface area (TPSA) is 64.3 Å². The van der Waals surface area contributed by atoms with Crippen molar-refractivity contribution in [3.8, 4) is 5.88 Å². The molecule has 1 fully saturated rings. The van der Waals surface area contributed by atoms with Gasteiger partial charge in [0.25, 0.3) is 0 Å². The van der Waals surface area contributed by atoms with Gasteiger partial charge in [-0.3, -0.25) is 4.90 Å². The van der Waals surface area contributed by atoms with E-state index < -0.39 is 0 Å². The van der Waals surface area contributed by atoms with Gasteiger partial charge in [-0.1, -0.05) is 12.1 Å². The van der Waals surface area contributed by atoms with E-state index in [4.69, 9.17) is 9.15 Å². The van der Waals surface area contributed by atoms with Gasteiger partial charge in [0.2, 0.25) is 5.88 Å². The van der Waals surface area contributed by atoms with Crippen molar-refractivity contribution in [3.05, 3.63) is 47.2 Å². The van der Waals surface area contributed by atoms with Crippen molar-refractivity contribution in [2.45, 2.75) is 45.1 Å². The number of para-hydroxylation sites is 2. The Kier molecular flexibility index (Phi) is 4.08. The van der Waals surface area contributed by atoms with Gasteiger partial charge in [-0.15, -0.1) is 0 Å². The van der Waals surface area contributed by atoms with E-state index in [2.05, 4.69) is 19.9 Å². The van der Waals surface area contributed by atoms with E-state index in [0.717, 1.165) is 73.3 Å². The van der Waals surface area contributed by atoms with Crippen molar-refractivity contribution in [2.24, 2.45) is 0 Å². The smallest absolute Gasteiger partial charge is 0.220 e. The monoisotopic (exact) mass is 364 g/mol. The fraction of sp³-hybridized carbons (Fsp3) is 0.476. The predicted octanol–water partition coefficient (Wildman–Crippen LogP) is 3.42. The molecule has 1 atom stereocenters.